The Bertz CT molecular complexity index is 1230. The number of ether oxygens (including phenoxy) is 3. The minimum atomic E-state index is -0.516. The zero-order chi connectivity index (χ0) is 24.7. The third-order valence-electron chi connectivity index (χ3n) is 4.16. The largest absolute Gasteiger partial charge is 0.493 e. The zero-order valence-electron chi connectivity index (χ0n) is 17.5. The first-order valence-corrected chi connectivity index (χ1v) is 12.7. The van der Waals surface area contributed by atoms with Crippen LogP contribution in [0.3, 0.4) is 0 Å². The molecule has 0 aromatic heterocycles. The van der Waals surface area contributed by atoms with Gasteiger partial charge in [-0.1, -0.05) is 37.9 Å². The molecule has 0 atom stereocenters. The fourth-order valence-electron chi connectivity index (χ4n) is 2.64. The lowest BCUT2D eigenvalue weighted by atomic mass is 10.2. The van der Waals surface area contributed by atoms with Crippen LogP contribution in [0.25, 0.3) is 0 Å². The first kappa shape index (κ1) is 26.4. The van der Waals surface area contributed by atoms with Crippen LogP contribution in [-0.2, 0) is 4.79 Å². The second-order valence-corrected chi connectivity index (χ2v) is 10.1. The van der Waals surface area contributed by atoms with Crippen molar-refractivity contribution in [1.82, 2.24) is 5.43 Å². The van der Waals surface area contributed by atoms with Gasteiger partial charge in [0, 0.05) is 8.95 Å². The minimum absolute atomic E-state index is 0.232. The van der Waals surface area contributed by atoms with E-state index in [2.05, 4.69) is 74.2 Å². The van der Waals surface area contributed by atoms with Crippen molar-refractivity contribution in [3.63, 3.8) is 0 Å². The number of amides is 1. The number of hydrazone groups is 1. The molecule has 11 heteroatoms. The van der Waals surface area contributed by atoms with Gasteiger partial charge in [-0.05, 0) is 86.0 Å². The fourth-order valence-corrected chi connectivity index (χ4v) is 5.53. The van der Waals surface area contributed by atoms with Crippen LogP contribution in [0, 0.1) is 0 Å². The Morgan fingerprint density at radius 1 is 0.941 bits per heavy atom. The number of carbonyl (C=O) groups excluding carboxylic acids is 2. The maximum atomic E-state index is 12.4. The van der Waals surface area contributed by atoms with Crippen molar-refractivity contribution >= 4 is 81.8 Å². The summed E-state index contributed by atoms with van der Waals surface area (Å²) < 4.78 is 19.3. The SMILES string of the molecule is COc1cc(/C=N\NC(=O)COc2c(Br)cc(Br)cc2Br)ccc1OC(=O)c1cccc(Br)c1. The van der Waals surface area contributed by atoms with Crippen LogP contribution in [-0.4, -0.2) is 31.8 Å². The zero-order valence-corrected chi connectivity index (χ0v) is 23.8. The minimum Gasteiger partial charge on any atom is -0.493 e. The quantitative estimate of drug-likeness (QED) is 0.125. The Morgan fingerprint density at radius 3 is 2.35 bits per heavy atom. The molecule has 1 amide bonds. The van der Waals surface area contributed by atoms with Crippen LogP contribution in [0.15, 0.2) is 77.6 Å². The van der Waals surface area contributed by atoms with Crippen molar-refractivity contribution in [3.8, 4) is 17.2 Å². The smallest absolute Gasteiger partial charge is 0.343 e. The lowest BCUT2D eigenvalue weighted by molar-refractivity contribution is -0.123. The van der Waals surface area contributed by atoms with E-state index in [0.717, 1.165) is 8.95 Å². The first-order chi connectivity index (χ1) is 16.3. The van der Waals surface area contributed by atoms with Crippen molar-refractivity contribution in [2.75, 3.05) is 13.7 Å². The molecule has 0 aliphatic heterocycles. The summed E-state index contributed by atoms with van der Waals surface area (Å²) in [7, 11) is 1.46. The summed E-state index contributed by atoms with van der Waals surface area (Å²) in [5.41, 5.74) is 3.42. The molecule has 7 nitrogen and oxygen atoms in total. The second kappa shape index (κ2) is 12.5. The molecule has 3 aromatic rings. The van der Waals surface area contributed by atoms with Gasteiger partial charge in [0.2, 0.25) is 0 Å². The molecule has 0 heterocycles. The number of rotatable bonds is 8. The average Bonchev–Trinajstić information content (AvgIpc) is 2.79. The van der Waals surface area contributed by atoms with Crippen LogP contribution in [0.1, 0.15) is 15.9 Å². The maximum absolute atomic E-state index is 12.4. The highest BCUT2D eigenvalue weighted by Crippen LogP contribution is 2.36. The molecular weight excluding hydrogens is 704 g/mol. The van der Waals surface area contributed by atoms with Crippen molar-refractivity contribution in [2.45, 2.75) is 0 Å². The number of esters is 1. The Balaban J connectivity index is 1.58. The summed E-state index contributed by atoms with van der Waals surface area (Å²) in [5, 5.41) is 3.93. The molecular formula is C23H16Br4N2O5. The summed E-state index contributed by atoms with van der Waals surface area (Å²) in [6.07, 6.45) is 1.44. The van der Waals surface area contributed by atoms with E-state index >= 15 is 0 Å². The van der Waals surface area contributed by atoms with E-state index in [0.29, 0.717) is 31.6 Å². The lowest BCUT2D eigenvalue weighted by Crippen LogP contribution is -2.24. The number of nitrogens with one attached hydrogen (secondary N) is 1. The van der Waals surface area contributed by atoms with Crippen LogP contribution in [0.5, 0.6) is 17.2 Å². The van der Waals surface area contributed by atoms with Crippen molar-refractivity contribution in [3.05, 3.63) is 83.6 Å². The molecule has 3 rings (SSSR count). The van der Waals surface area contributed by atoms with Gasteiger partial charge in [-0.2, -0.15) is 5.10 Å². The summed E-state index contributed by atoms with van der Waals surface area (Å²) >= 11 is 13.5. The third kappa shape index (κ3) is 7.39. The average molecular weight is 720 g/mol. The topological polar surface area (TPSA) is 86.2 Å². The molecule has 0 bridgehead atoms. The van der Waals surface area contributed by atoms with E-state index in [1.807, 2.05) is 18.2 Å². The van der Waals surface area contributed by atoms with E-state index in [1.54, 1.807) is 36.4 Å². The number of benzene rings is 3. The lowest BCUT2D eigenvalue weighted by Gasteiger charge is -2.10. The van der Waals surface area contributed by atoms with E-state index in [4.69, 9.17) is 14.2 Å². The molecule has 0 aliphatic carbocycles. The summed E-state index contributed by atoms with van der Waals surface area (Å²) in [4.78, 5) is 24.5. The fraction of sp³-hybridized carbons (Fsp3) is 0.0870. The highest BCUT2D eigenvalue weighted by atomic mass is 79.9. The van der Waals surface area contributed by atoms with Gasteiger partial charge in [-0.3, -0.25) is 4.79 Å². The number of nitrogens with zero attached hydrogens (tertiary/aromatic N) is 1. The van der Waals surface area contributed by atoms with Gasteiger partial charge in [0.25, 0.3) is 5.91 Å². The summed E-state index contributed by atoms with van der Waals surface area (Å²) in [5.74, 6) is 0.140. The van der Waals surface area contributed by atoms with Gasteiger partial charge < -0.3 is 14.2 Å². The van der Waals surface area contributed by atoms with Crippen molar-refractivity contribution in [2.24, 2.45) is 5.10 Å². The van der Waals surface area contributed by atoms with Gasteiger partial charge in [0.1, 0.15) is 5.75 Å². The highest BCUT2D eigenvalue weighted by molar-refractivity contribution is 9.11. The predicted octanol–water partition coefficient (Wildman–Crippen LogP) is 6.49. The second-order valence-electron chi connectivity index (χ2n) is 6.59. The standard InChI is InChI=1S/C23H16Br4N2O5/c1-32-20-7-13(5-6-19(20)34-23(31)14-3-2-4-15(24)8-14)11-28-29-21(30)12-33-22-17(26)9-16(25)10-18(22)27/h2-11H,12H2,1H3,(H,29,30)/b28-11-. The Labute approximate surface area is 229 Å². The van der Waals surface area contributed by atoms with Crippen LogP contribution < -0.4 is 19.6 Å². The molecule has 0 radical (unpaired) electrons. The number of halogens is 4. The Morgan fingerprint density at radius 2 is 1.68 bits per heavy atom. The molecule has 0 spiro atoms. The molecule has 0 unspecified atom stereocenters. The molecule has 3 aromatic carbocycles. The number of hydrogen-bond donors (Lipinski definition) is 1. The van der Waals surface area contributed by atoms with Gasteiger partial charge >= 0.3 is 5.97 Å². The summed E-state index contributed by atoms with van der Waals surface area (Å²) in [6, 6.07) is 15.4. The Kier molecular flexibility index (Phi) is 9.69. The summed E-state index contributed by atoms with van der Waals surface area (Å²) in [6.45, 7) is -0.232. The van der Waals surface area contributed by atoms with E-state index < -0.39 is 11.9 Å². The van der Waals surface area contributed by atoms with Crippen molar-refractivity contribution in [1.29, 1.82) is 0 Å². The van der Waals surface area contributed by atoms with Gasteiger partial charge in [-0.15, -0.1) is 0 Å². The predicted molar refractivity (Wildman–Crippen MR) is 143 cm³/mol. The number of hydrogen-bond acceptors (Lipinski definition) is 6. The van der Waals surface area contributed by atoms with Gasteiger partial charge in [0.15, 0.2) is 18.1 Å². The van der Waals surface area contributed by atoms with Crippen LogP contribution in [0.2, 0.25) is 0 Å². The van der Waals surface area contributed by atoms with Crippen LogP contribution >= 0.6 is 63.7 Å². The first-order valence-electron chi connectivity index (χ1n) is 9.52. The third-order valence-corrected chi connectivity index (χ3v) is 6.29. The highest BCUT2D eigenvalue weighted by Gasteiger charge is 2.13. The van der Waals surface area contributed by atoms with Gasteiger partial charge in [-0.25, -0.2) is 10.2 Å². The Hall–Kier alpha value is -2.21. The molecule has 0 saturated heterocycles. The molecule has 0 aliphatic rings. The van der Waals surface area contributed by atoms with E-state index in [9.17, 15) is 9.59 Å². The monoisotopic (exact) mass is 716 g/mol. The number of carbonyl (C=O) groups is 2. The van der Waals surface area contributed by atoms with Crippen LogP contribution in [0.4, 0.5) is 0 Å². The normalized spacial score (nSPS) is 10.7. The van der Waals surface area contributed by atoms with E-state index in [1.165, 1.54) is 13.3 Å². The van der Waals surface area contributed by atoms with Gasteiger partial charge in [0.05, 0.1) is 27.8 Å². The number of methoxy groups -OCH3 is 1. The van der Waals surface area contributed by atoms with Crippen molar-refractivity contribution < 1.29 is 23.8 Å². The molecule has 1 N–H and O–H groups in total. The molecule has 0 saturated carbocycles. The molecule has 176 valence electrons. The molecule has 34 heavy (non-hydrogen) atoms. The van der Waals surface area contributed by atoms with E-state index in [-0.39, 0.29) is 12.4 Å². The maximum Gasteiger partial charge on any atom is 0.343 e. The molecule has 0 fully saturated rings.